The van der Waals surface area contributed by atoms with Crippen molar-refractivity contribution in [2.75, 3.05) is 6.54 Å². The Balaban J connectivity index is 2.14. The minimum atomic E-state index is -0.296. The van der Waals surface area contributed by atoms with E-state index in [-0.39, 0.29) is 11.8 Å². The SMILES string of the molecule is C[C@@H]([CH]C(=S)NCCc1cccs1)CC(N)=O. The van der Waals surface area contributed by atoms with Crippen molar-refractivity contribution in [3.05, 3.63) is 28.8 Å². The molecular formula is C12H17N2OS2. The summed E-state index contributed by atoms with van der Waals surface area (Å²) in [7, 11) is 0. The molecule has 0 unspecified atom stereocenters. The van der Waals surface area contributed by atoms with E-state index in [1.807, 2.05) is 19.4 Å². The molecule has 1 heterocycles. The molecule has 17 heavy (non-hydrogen) atoms. The molecule has 3 N–H and O–H groups in total. The first kappa shape index (κ1) is 14.1. The van der Waals surface area contributed by atoms with E-state index < -0.39 is 0 Å². The number of thiophene rings is 1. The van der Waals surface area contributed by atoms with Crippen LogP contribution in [-0.2, 0) is 11.2 Å². The van der Waals surface area contributed by atoms with Crippen LogP contribution in [0.25, 0.3) is 0 Å². The van der Waals surface area contributed by atoms with E-state index in [0.717, 1.165) is 13.0 Å². The van der Waals surface area contributed by atoms with E-state index in [4.69, 9.17) is 18.0 Å². The van der Waals surface area contributed by atoms with Gasteiger partial charge in [0.2, 0.25) is 5.91 Å². The summed E-state index contributed by atoms with van der Waals surface area (Å²) in [5.74, 6) is -0.204. The number of carbonyl (C=O) groups excluding carboxylic acids is 1. The zero-order valence-corrected chi connectivity index (χ0v) is 11.4. The van der Waals surface area contributed by atoms with Crippen molar-refractivity contribution in [1.82, 2.24) is 5.32 Å². The molecule has 0 saturated carbocycles. The lowest BCUT2D eigenvalue weighted by Gasteiger charge is -2.11. The van der Waals surface area contributed by atoms with Crippen molar-refractivity contribution in [1.29, 1.82) is 0 Å². The number of thiocarbonyl (C=S) groups is 1. The molecule has 1 aromatic rings. The Hall–Kier alpha value is -0.940. The van der Waals surface area contributed by atoms with Crippen LogP contribution in [0.2, 0.25) is 0 Å². The quantitative estimate of drug-likeness (QED) is 0.744. The second-order valence-electron chi connectivity index (χ2n) is 3.93. The molecule has 3 nitrogen and oxygen atoms in total. The van der Waals surface area contributed by atoms with Gasteiger partial charge in [-0.05, 0) is 23.8 Å². The van der Waals surface area contributed by atoms with Crippen molar-refractivity contribution >= 4 is 34.5 Å². The van der Waals surface area contributed by atoms with Gasteiger partial charge in [-0.3, -0.25) is 4.79 Å². The maximum Gasteiger partial charge on any atom is 0.217 e. The molecule has 0 aliphatic rings. The first-order chi connectivity index (χ1) is 8.08. The highest BCUT2D eigenvalue weighted by Gasteiger charge is 2.09. The van der Waals surface area contributed by atoms with Crippen LogP contribution in [0.5, 0.6) is 0 Å². The van der Waals surface area contributed by atoms with Gasteiger partial charge in [0.15, 0.2) is 0 Å². The maximum atomic E-state index is 10.7. The van der Waals surface area contributed by atoms with Crippen molar-refractivity contribution in [2.24, 2.45) is 11.7 Å². The van der Waals surface area contributed by atoms with Gasteiger partial charge in [0.25, 0.3) is 0 Å². The number of carbonyl (C=O) groups is 1. The number of hydrogen-bond donors (Lipinski definition) is 2. The Morgan fingerprint density at radius 1 is 1.71 bits per heavy atom. The van der Waals surface area contributed by atoms with Crippen molar-refractivity contribution in [3.8, 4) is 0 Å². The lowest BCUT2D eigenvalue weighted by atomic mass is 10.0. The summed E-state index contributed by atoms with van der Waals surface area (Å²) in [6.45, 7) is 2.75. The fourth-order valence-corrected chi connectivity index (χ4v) is 2.50. The summed E-state index contributed by atoms with van der Waals surface area (Å²) in [5.41, 5.74) is 5.11. The highest BCUT2D eigenvalue weighted by molar-refractivity contribution is 7.80. The zero-order chi connectivity index (χ0) is 12.7. The van der Waals surface area contributed by atoms with Gasteiger partial charge in [-0.15, -0.1) is 11.3 Å². The summed E-state index contributed by atoms with van der Waals surface area (Å²) >= 11 is 6.90. The Morgan fingerprint density at radius 2 is 2.47 bits per heavy atom. The van der Waals surface area contributed by atoms with Crippen LogP contribution in [0, 0.1) is 12.3 Å². The molecule has 0 saturated heterocycles. The second kappa shape index (κ2) is 7.40. The number of hydrogen-bond acceptors (Lipinski definition) is 3. The number of nitrogens with two attached hydrogens (primary N) is 1. The van der Waals surface area contributed by atoms with Gasteiger partial charge in [-0.1, -0.05) is 25.2 Å². The molecule has 1 amide bonds. The van der Waals surface area contributed by atoms with Crippen molar-refractivity contribution in [2.45, 2.75) is 19.8 Å². The largest absolute Gasteiger partial charge is 0.379 e. The van der Waals surface area contributed by atoms with Crippen LogP contribution in [0.1, 0.15) is 18.2 Å². The third-order valence-corrected chi connectivity index (χ3v) is 3.43. The fourth-order valence-electron chi connectivity index (χ4n) is 1.46. The summed E-state index contributed by atoms with van der Waals surface area (Å²) < 4.78 is 0. The van der Waals surface area contributed by atoms with Crippen LogP contribution in [0.3, 0.4) is 0 Å². The molecule has 5 heteroatoms. The summed E-state index contributed by atoms with van der Waals surface area (Å²) in [5, 5.41) is 5.22. The van der Waals surface area contributed by atoms with Gasteiger partial charge in [0, 0.05) is 24.3 Å². The molecule has 0 aliphatic heterocycles. The predicted octanol–water partition coefficient (Wildman–Crippen LogP) is 1.92. The highest BCUT2D eigenvalue weighted by atomic mass is 32.1. The molecule has 1 atom stereocenters. The normalized spacial score (nSPS) is 12.1. The van der Waals surface area contributed by atoms with Crippen molar-refractivity contribution < 1.29 is 4.79 Å². The third-order valence-electron chi connectivity index (χ3n) is 2.21. The van der Waals surface area contributed by atoms with Gasteiger partial charge in [-0.25, -0.2) is 0 Å². The first-order valence-corrected chi connectivity index (χ1v) is 6.80. The average Bonchev–Trinajstić information content (AvgIpc) is 2.68. The Morgan fingerprint density at radius 3 is 3.06 bits per heavy atom. The van der Waals surface area contributed by atoms with Gasteiger partial charge >= 0.3 is 0 Å². The smallest absolute Gasteiger partial charge is 0.217 e. The van der Waals surface area contributed by atoms with E-state index in [1.54, 1.807) is 11.3 Å². The lowest BCUT2D eigenvalue weighted by Crippen LogP contribution is -2.27. The van der Waals surface area contributed by atoms with Crippen LogP contribution >= 0.6 is 23.6 Å². The second-order valence-corrected chi connectivity index (χ2v) is 5.41. The average molecular weight is 269 g/mol. The van der Waals surface area contributed by atoms with Crippen LogP contribution in [-0.4, -0.2) is 17.4 Å². The van der Waals surface area contributed by atoms with Gasteiger partial charge < -0.3 is 11.1 Å². The predicted molar refractivity (Wildman–Crippen MR) is 75.9 cm³/mol. The fraction of sp³-hybridized carbons (Fsp3) is 0.417. The van der Waals surface area contributed by atoms with Crippen LogP contribution in [0.4, 0.5) is 0 Å². The molecule has 1 aromatic heterocycles. The first-order valence-electron chi connectivity index (χ1n) is 5.51. The number of primary amides is 1. The maximum absolute atomic E-state index is 10.7. The zero-order valence-electron chi connectivity index (χ0n) is 9.81. The van der Waals surface area contributed by atoms with Gasteiger partial charge in [0.1, 0.15) is 0 Å². The van der Waals surface area contributed by atoms with E-state index in [0.29, 0.717) is 11.4 Å². The molecule has 1 rings (SSSR count). The van der Waals surface area contributed by atoms with E-state index in [9.17, 15) is 4.79 Å². The number of nitrogens with one attached hydrogen (secondary N) is 1. The Kier molecular flexibility index (Phi) is 6.15. The summed E-state index contributed by atoms with van der Waals surface area (Å²) in [4.78, 5) is 12.7. The molecule has 1 radical (unpaired) electrons. The van der Waals surface area contributed by atoms with Gasteiger partial charge in [-0.2, -0.15) is 0 Å². The lowest BCUT2D eigenvalue weighted by molar-refractivity contribution is -0.118. The Bertz CT molecular complexity index is 363. The molecule has 0 bridgehead atoms. The highest BCUT2D eigenvalue weighted by Crippen LogP contribution is 2.09. The molecule has 0 aliphatic carbocycles. The molecule has 0 fully saturated rings. The third kappa shape index (κ3) is 6.38. The molecule has 0 aromatic carbocycles. The summed E-state index contributed by atoms with van der Waals surface area (Å²) in [6, 6.07) is 4.15. The molecular weight excluding hydrogens is 252 g/mol. The minimum absolute atomic E-state index is 0.0919. The van der Waals surface area contributed by atoms with Crippen molar-refractivity contribution in [3.63, 3.8) is 0 Å². The topological polar surface area (TPSA) is 55.1 Å². The number of rotatable bonds is 7. The monoisotopic (exact) mass is 269 g/mol. The standard InChI is InChI=1S/C12H17N2OS2/c1-9(7-11(13)15)8-12(16)14-5-4-10-3-2-6-17-10/h2-3,6,8-9H,4-5,7H2,1H3,(H2,13,15)(H,14,16)/t9-/m1/s1. The van der Waals surface area contributed by atoms with Crippen LogP contribution < -0.4 is 11.1 Å². The molecule has 0 spiro atoms. The van der Waals surface area contributed by atoms with Crippen LogP contribution in [0.15, 0.2) is 17.5 Å². The minimum Gasteiger partial charge on any atom is -0.379 e. The van der Waals surface area contributed by atoms with E-state index in [2.05, 4.69) is 16.8 Å². The van der Waals surface area contributed by atoms with E-state index in [1.165, 1.54) is 4.88 Å². The number of amides is 1. The molecule has 93 valence electrons. The van der Waals surface area contributed by atoms with E-state index >= 15 is 0 Å². The summed E-state index contributed by atoms with van der Waals surface area (Å²) in [6.07, 6.45) is 3.18. The van der Waals surface area contributed by atoms with Gasteiger partial charge in [0.05, 0.1) is 4.99 Å². The Labute approximate surface area is 111 Å².